The second-order valence-corrected chi connectivity index (χ2v) is 3.89. The van der Waals surface area contributed by atoms with Gasteiger partial charge in [-0.3, -0.25) is 9.59 Å². The molecule has 0 aromatic rings. The van der Waals surface area contributed by atoms with E-state index in [1.165, 1.54) is 0 Å². The number of nitrogens with zero attached hydrogens (tertiary/aromatic N) is 1. The average Bonchev–Trinajstić information content (AvgIpc) is 2.63. The molecule has 5 nitrogen and oxygen atoms in total. The third-order valence-corrected chi connectivity index (χ3v) is 2.41. The minimum Gasteiger partial charge on any atom is -0.371 e. The Morgan fingerprint density at radius 1 is 1.41 bits per heavy atom. The third-order valence-electron chi connectivity index (χ3n) is 2.41. The van der Waals surface area contributed by atoms with Crippen LogP contribution in [0.5, 0.6) is 0 Å². The first-order valence-corrected chi connectivity index (χ1v) is 5.03. The lowest BCUT2D eigenvalue weighted by atomic mass is 10.1. The molecule has 1 aliphatic heterocycles. The number of nitrogens with two attached hydrogens (primary N) is 1. The fraction of sp³-hybridized carbons (Fsp3) is 0.778. The quantitative estimate of drug-likeness (QED) is 0.761. The summed E-state index contributed by atoms with van der Waals surface area (Å²) in [6.07, 6.45) is -4.40. The van der Waals surface area contributed by atoms with E-state index in [0.29, 0.717) is 6.42 Å². The van der Waals surface area contributed by atoms with Crippen LogP contribution in [-0.4, -0.2) is 49.2 Å². The fourth-order valence-corrected chi connectivity index (χ4v) is 1.66. The summed E-state index contributed by atoms with van der Waals surface area (Å²) in [5, 5.41) is 0. The monoisotopic (exact) mass is 254 g/mol. The summed E-state index contributed by atoms with van der Waals surface area (Å²) in [4.78, 5) is 22.0. The van der Waals surface area contributed by atoms with Gasteiger partial charge in [0, 0.05) is 19.0 Å². The largest absolute Gasteiger partial charge is 0.471 e. The predicted molar refractivity (Wildman–Crippen MR) is 50.8 cm³/mol. The van der Waals surface area contributed by atoms with Crippen molar-refractivity contribution in [2.24, 2.45) is 11.7 Å². The number of hydrogen-bond acceptors (Lipinski definition) is 3. The predicted octanol–water partition coefficient (Wildman–Crippen LogP) is -0.101. The lowest BCUT2D eigenvalue weighted by Gasteiger charge is -2.17. The molecule has 2 N–H and O–H groups in total. The molecule has 1 unspecified atom stereocenters. The second-order valence-electron chi connectivity index (χ2n) is 3.89. The molecule has 0 aliphatic carbocycles. The number of primary amides is 1. The maximum absolute atomic E-state index is 12.1. The highest BCUT2D eigenvalue weighted by Gasteiger charge is 2.44. The fourth-order valence-electron chi connectivity index (χ4n) is 1.66. The summed E-state index contributed by atoms with van der Waals surface area (Å²) >= 11 is 0. The number of hydrogen-bond donors (Lipinski definition) is 1. The van der Waals surface area contributed by atoms with Crippen LogP contribution < -0.4 is 5.73 Å². The van der Waals surface area contributed by atoms with Crippen LogP contribution in [-0.2, 0) is 14.3 Å². The van der Waals surface area contributed by atoms with Gasteiger partial charge in [0.1, 0.15) is 6.61 Å². The zero-order valence-electron chi connectivity index (χ0n) is 9.00. The highest BCUT2D eigenvalue weighted by atomic mass is 19.4. The molecule has 1 heterocycles. The molecule has 0 aromatic heterocycles. The van der Waals surface area contributed by atoms with Crippen molar-refractivity contribution in [3.05, 3.63) is 0 Å². The number of halogens is 3. The van der Waals surface area contributed by atoms with Gasteiger partial charge in [-0.05, 0) is 6.42 Å². The van der Waals surface area contributed by atoms with E-state index in [-0.39, 0.29) is 32.2 Å². The molecule has 0 aromatic carbocycles. The Kier molecular flexibility index (Phi) is 4.33. The topological polar surface area (TPSA) is 72.6 Å². The van der Waals surface area contributed by atoms with Gasteiger partial charge in [-0.1, -0.05) is 0 Å². The van der Waals surface area contributed by atoms with Gasteiger partial charge in [0.25, 0.3) is 0 Å². The summed E-state index contributed by atoms with van der Waals surface area (Å²) in [5.41, 5.74) is 4.83. The number of alkyl halides is 3. The number of amides is 2. The number of rotatable bonds is 4. The summed E-state index contributed by atoms with van der Waals surface area (Å²) in [6.45, 7) is -0.0751. The number of carbonyl (C=O) groups is 2. The molecule has 1 atom stereocenters. The van der Waals surface area contributed by atoms with Crippen molar-refractivity contribution in [3.63, 3.8) is 0 Å². The smallest absolute Gasteiger partial charge is 0.371 e. The van der Waals surface area contributed by atoms with Gasteiger partial charge < -0.3 is 15.4 Å². The highest BCUT2D eigenvalue weighted by Crippen LogP contribution is 2.24. The van der Waals surface area contributed by atoms with Crippen LogP contribution in [0.15, 0.2) is 0 Å². The number of ether oxygens (including phenoxy) is 1. The first-order valence-electron chi connectivity index (χ1n) is 5.03. The van der Waals surface area contributed by atoms with Crippen LogP contribution in [0, 0.1) is 5.92 Å². The Bertz CT molecular complexity index is 306. The Morgan fingerprint density at radius 2 is 2.06 bits per heavy atom. The zero-order valence-corrected chi connectivity index (χ0v) is 9.00. The normalized spacial score (nSPS) is 20.6. The van der Waals surface area contributed by atoms with E-state index in [2.05, 4.69) is 0 Å². The van der Waals surface area contributed by atoms with Crippen molar-refractivity contribution < 1.29 is 27.5 Å². The molecule has 8 heteroatoms. The maximum Gasteiger partial charge on any atom is 0.471 e. The molecule has 98 valence electrons. The molecule has 0 saturated carbocycles. The first kappa shape index (κ1) is 13.8. The van der Waals surface area contributed by atoms with Crippen LogP contribution in [0.25, 0.3) is 0 Å². The van der Waals surface area contributed by atoms with E-state index in [1.807, 2.05) is 0 Å². The van der Waals surface area contributed by atoms with E-state index < -0.39 is 18.0 Å². The van der Waals surface area contributed by atoms with Crippen molar-refractivity contribution >= 4 is 11.8 Å². The molecular weight excluding hydrogens is 241 g/mol. The van der Waals surface area contributed by atoms with Crippen molar-refractivity contribution in [2.75, 3.05) is 26.3 Å². The second kappa shape index (κ2) is 5.35. The van der Waals surface area contributed by atoms with Crippen LogP contribution in [0.2, 0.25) is 0 Å². The minimum atomic E-state index is -4.83. The van der Waals surface area contributed by atoms with E-state index >= 15 is 0 Å². The maximum atomic E-state index is 12.1. The lowest BCUT2D eigenvalue weighted by molar-refractivity contribution is -0.184. The van der Waals surface area contributed by atoms with Gasteiger partial charge in [-0.2, -0.15) is 13.2 Å². The molecule has 0 bridgehead atoms. The van der Waals surface area contributed by atoms with Gasteiger partial charge in [-0.15, -0.1) is 0 Å². The SMILES string of the molecule is NC(=O)COCC1CCN(C(=O)C(F)(F)F)C1. The zero-order chi connectivity index (χ0) is 13.1. The molecule has 1 saturated heterocycles. The van der Waals surface area contributed by atoms with Gasteiger partial charge in [-0.25, -0.2) is 0 Å². The Morgan fingerprint density at radius 3 is 2.59 bits per heavy atom. The van der Waals surface area contributed by atoms with Crippen LogP contribution in [0.4, 0.5) is 13.2 Å². The van der Waals surface area contributed by atoms with Crippen LogP contribution in [0.3, 0.4) is 0 Å². The van der Waals surface area contributed by atoms with Gasteiger partial charge >= 0.3 is 12.1 Å². The number of likely N-dealkylation sites (tertiary alicyclic amines) is 1. The first-order chi connectivity index (χ1) is 7.80. The molecule has 1 aliphatic rings. The average molecular weight is 254 g/mol. The Hall–Kier alpha value is -1.31. The molecule has 1 fully saturated rings. The van der Waals surface area contributed by atoms with Gasteiger partial charge in [0.2, 0.25) is 5.91 Å². The van der Waals surface area contributed by atoms with Crippen molar-refractivity contribution in [2.45, 2.75) is 12.6 Å². The molecule has 0 radical (unpaired) electrons. The van der Waals surface area contributed by atoms with Crippen molar-refractivity contribution in [3.8, 4) is 0 Å². The van der Waals surface area contributed by atoms with Crippen LogP contribution >= 0.6 is 0 Å². The summed E-state index contributed by atoms with van der Waals surface area (Å²) in [7, 11) is 0. The third kappa shape index (κ3) is 4.22. The molecule has 0 spiro atoms. The van der Waals surface area contributed by atoms with Crippen molar-refractivity contribution in [1.29, 1.82) is 0 Å². The molecule has 2 amide bonds. The van der Waals surface area contributed by atoms with Crippen LogP contribution in [0.1, 0.15) is 6.42 Å². The lowest BCUT2D eigenvalue weighted by Crippen LogP contribution is -2.39. The van der Waals surface area contributed by atoms with E-state index in [1.54, 1.807) is 0 Å². The number of carbonyl (C=O) groups excluding carboxylic acids is 2. The van der Waals surface area contributed by atoms with Gasteiger partial charge in [0.05, 0.1) is 6.61 Å². The summed E-state index contributed by atoms with van der Waals surface area (Å²) < 4.78 is 41.2. The molecule has 1 rings (SSSR count). The van der Waals surface area contributed by atoms with Crippen molar-refractivity contribution in [1.82, 2.24) is 4.90 Å². The molecule has 17 heavy (non-hydrogen) atoms. The molecular formula is C9H13F3N2O3. The Balaban J connectivity index is 2.32. The Labute approximate surface area is 95.7 Å². The standard InChI is InChI=1S/C9H13F3N2O3/c10-9(11,12)8(16)14-2-1-6(3-14)4-17-5-7(13)15/h6H,1-5H2,(H2,13,15). The summed E-state index contributed by atoms with van der Waals surface area (Å²) in [6, 6.07) is 0. The van der Waals surface area contributed by atoms with E-state index in [0.717, 1.165) is 4.90 Å². The van der Waals surface area contributed by atoms with E-state index in [9.17, 15) is 22.8 Å². The van der Waals surface area contributed by atoms with Gasteiger partial charge in [0.15, 0.2) is 0 Å². The highest BCUT2D eigenvalue weighted by molar-refractivity contribution is 5.82. The van der Waals surface area contributed by atoms with E-state index in [4.69, 9.17) is 10.5 Å². The summed E-state index contributed by atoms with van der Waals surface area (Å²) in [5.74, 6) is -2.64. The minimum absolute atomic E-state index is 0.00287.